The van der Waals surface area contributed by atoms with Crippen molar-refractivity contribution in [1.82, 2.24) is 0 Å². The van der Waals surface area contributed by atoms with Gasteiger partial charge in [0.1, 0.15) is 0 Å². The van der Waals surface area contributed by atoms with Crippen molar-refractivity contribution in [3.05, 3.63) is 53.6 Å². The van der Waals surface area contributed by atoms with Gasteiger partial charge in [0, 0.05) is 16.3 Å². The molecule has 1 nitrogen and oxygen atoms in total. The van der Waals surface area contributed by atoms with Crippen LogP contribution in [0.1, 0.15) is 0 Å². The lowest BCUT2D eigenvalue weighted by molar-refractivity contribution is 1.61. The van der Waals surface area contributed by atoms with Crippen LogP contribution < -0.4 is 5.73 Å². The molecular formula is C12H11Cl2N. The first-order valence-corrected chi connectivity index (χ1v) is 4.75. The van der Waals surface area contributed by atoms with Gasteiger partial charge in [0.05, 0.1) is 0 Å². The number of hydrogen-bond acceptors (Lipinski definition) is 1. The number of hydrogen-bond donors (Lipinski definition) is 1. The normalized spacial score (nSPS) is 9.40. The van der Waals surface area contributed by atoms with E-state index in [1.165, 1.54) is 0 Å². The quantitative estimate of drug-likeness (QED) is 0.748. The summed E-state index contributed by atoms with van der Waals surface area (Å²) in [4.78, 5) is 0. The first-order chi connectivity index (χ1) is 6.77. The van der Waals surface area contributed by atoms with Gasteiger partial charge in [0.25, 0.3) is 0 Å². The van der Waals surface area contributed by atoms with Gasteiger partial charge in [0.2, 0.25) is 0 Å². The fourth-order valence-corrected chi connectivity index (χ4v) is 1.57. The van der Waals surface area contributed by atoms with Gasteiger partial charge in [-0.15, -0.1) is 12.4 Å². The molecule has 0 aliphatic carbocycles. The van der Waals surface area contributed by atoms with Crippen molar-refractivity contribution >= 4 is 29.7 Å². The lowest BCUT2D eigenvalue weighted by Crippen LogP contribution is -1.89. The maximum Gasteiger partial charge on any atom is 0.0413 e. The van der Waals surface area contributed by atoms with Crippen LogP contribution in [0, 0.1) is 0 Å². The number of nitrogens with two attached hydrogens (primary N) is 1. The van der Waals surface area contributed by atoms with Crippen LogP contribution in [-0.2, 0) is 0 Å². The first-order valence-electron chi connectivity index (χ1n) is 4.38. The highest BCUT2D eigenvalue weighted by Gasteiger charge is 2.01. The highest BCUT2D eigenvalue weighted by atomic mass is 35.5. The minimum Gasteiger partial charge on any atom is -0.398 e. The van der Waals surface area contributed by atoms with E-state index in [0.717, 1.165) is 16.8 Å². The Morgan fingerprint density at radius 3 is 2.27 bits per heavy atom. The molecule has 0 aliphatic heterocycles. The van der Waals surface area contributed by atoms with Gasteiger partial charge in [-0.3, -0.25) is 0 Å². The molecular weight excluding hydrogens is 229 g/mol. The zero-order chi connectivity index (χ0) is 9.97. The smallest absolute Gasteiger partial charge is 0.0413 e. The molecule has 2 aromatic carbocycles. The van der Waals surface area contributed by atoms with Crippen LogP contribution in [0.3, 0.4) is 0 Å². The second kappa shape index (κ2) is 5.06. The van der Waals surface area contributed by atoms with E-state index < -0.39 is 0 Å². The number of benzene rings is 2. The van der Waals surface area contributed by atoms with E-state index in [9.17, 15) is 0 Å². The van der Waals surface area contributed by atoms with Crippen molar-refractivity contribution in [3.63, 3.8) is 0 Å². The molecule has 0 bridgehead atoms. The van der Waals surface area contributed by atoms with Gasteiger partial charge in [-0.2, -0.15) is 0 Å². The second-order valence-corrected chi connectivity index (χ2v) is 3.53. The van der Waals surface area contributed by atoms with E-state index in [1.54, 1.807) is 6.07 Å². The zero-order valence-electron chi connectivity index (χ0n) is 7.98. The average molecular weight is 240 g/mol. The third-order valence-electron chi connectivity index (χ3n) is 2.10. The third-order valence-corrected chi connectivity index (χ3v) is 2.34. The molecule has 2 rings (SSSR count). The van der Waals surface area contributed by atoms with Crippen LogP contribution in [0.15, 0.2) is 48.5 Å². The number of nitrogen functional groups attached to an aromatic ring is 1. The molecule has 15 heavy (non-hydrogen) atoms. The average Bonchev–Trinajstić information content (AvgIpc) is 2.23. The molecule has 0 saturated carbocycles. The Balaban J connectivity index is 0.00000112. The van der Waals surface area contributed by atoms with E-state index in [2.05, 4.69) is 0 Å². The summed E-state index contributed by atoms with van der Waals surface area (Å²) < 4.78 is 0. The number of halogens is 2. The Labute approximate surface area is 100 Å². The highest BCUT2D eigenvalue weighted by molar-refractivity contribution is 6.31. The summed E-state index contributed by atoms with van der Waals surface area (Å²) in [5.74, 6) is 0. The molecule has 0 amide bonds. The van der Waals surface area contributed by atoms with E-state index >= 15 is 0 Å². The van der Waals surface area contributed by atoms with Crippen molar-refractivity contribution in [3.8, 4) is 11.1 Å². The fourth-order valence-electron chi connectivity index (χ4n) is 1.40. The zero-order valence-corrected chi connectivity index (χ0v) is 9.55. The minimum absolute atomic E-state index is 0. The Kier molecular flexibility index (Phi) is 4.01. The molecule has 78 valence electrons. The maximum absolute atomic E-state index is 5.91. The Bertz CT molecular complexity index is 441. The molecule has 0 aliphatic rings. The summed E-state index contributed by atoms with van der Waals surface area (Å²) in [5, 5.41) is 0.707. The standard InChI is InChI=1S/C12H10ClN.ClH/c13-10-6-7-12(14)11(8-10)9-4-2-1-3-5-9;/h1-8H,14H2;1H. The van der Waals surface area contributed by atoms with Crippen molar-refractivity contribution in [2.75, 3.05) is 5.73 Å². The molecule has 0 saturated heterocycles. The van der Waals surface area contributed by atoms with Gasteiger partial charge >= 0.3 is 0 Å². The van der Waals surface area contributed by atoms with Gasteiger partial charge in [-0.05, 0) is 23.8 Å². The lowest BCUT2D eigenvalue weighted by Gasteiger charge is -2.05. The molecule has 0 spiro atoms. The van der Waals surface area contributed by atoms with Crippen LogP contribution in [0.4, 0.5) is 5.69 Å². The first kappa shape index (κ1) is 11.9. The van der Waals surface area contributed by atoms with E-state index in [-0.39, 0.29) is 12.4 Å². The van der Waals surface area contributed by atoms with E-state index in [1.807, 2.05) is 42.5 Å². The minimum atomic E-state index is 0. The Hall–Kier alpha value is -1.18. The molecule has 2 N–H and O–H groups in total. The van der Waals surface area contributed by atoms with Crippen molar-refractivity contribution in [1.29, 1.82) is 0 Å². The third kappa shape index (κ3) is 2.65. The second-order valence-electron chi connectivity index (χ2n) is 3.10. The summed E-state index contributed by atoms with van der Waals surface area (Å²) in [6.45, 7) is 0. The van der Waals surface area contributed by atoms with Crippen LogP contribution in [0.25, 0.3) is 11.1 Å². The maximum atomic E-state index is 5.91. The predicted molar refractivity (Wildman–Crippen MR) is 68.5 cm³/mol. The van der Waals surface area contributed by atoms with Crippen molar-refractivity contribution < 1.29 is 0 Å². The summed E-state index contributed by atoms with van der Waals surface area (Å²) >= 11 is 5.91. The number of anilines is 1. The monoisotopic (exact) mass is 239 g/mol. The topological polar surface area (TPSA) is 26.0 Å². The van der Waals surface area contributed by atoms with Crippen molar-refractivity contribution in [2.45, 2.75) is 0 Å². The Morgan fingerprint density at radius 1 is 0.933 bits per heavy atom. The van der Waals surface area contributed by atoms with Crippen molar-refractivity contribution in [2.24, 2.45) is 0 Å². The summed E-state index contributed by atoms with van der Waals surface area (Å²) in [5.41, 5.74) is 8.69. The molecule has 0 heterocycles. The molecule has 0 atom stereocenters. The largest absolute Gasteiger partial charge is 0.398 e. The van der Waals surface area contributed by atoms with Gasteiger partial charge in [-0.1, -0.05) is 41.9 Å². The number of rotatable bonds is 1. The van der Waals surface area contributed by atoms with Gasteiger partial charge in [0.15, 0.2) is 0 Å². The molecule has 0 radical (unpaired) electrons. The molecule has 0 aromatic heterocycles. The van der Waals surface area contributed by atoms with Crippen LogP contribution >= 0.6 is 24.0 Å². The molecule has 0 fully saturated rings. The molecule has 2 aromatic rings. The predicted octanol–water partition coefficient (Wildman–Crippen LogP) is 4.01. The molecule has 3 heteroatoms. The van der Waals surface area contributed by atoms with E-state index in [4.69, 9.17) is 17.3 Å². The van der Waals surface area contributed by atoms with Crippen LogP contribution in [0.5, 0.6) is 0 Å². The highest BCUT2D eigenvalue weighted by Crippen LogP contribution is 2.28. The van der Waals surface area contributed by atoms with Gasteiger partial charge < -0.3 is 5.73 Å². The van der Waals surface area contributed by atoms with Crippen LogP contribution in [-0.4, -0.2) is 0 Å². The Morgan fingerprint density at radius 2 is 1.60 bits per heavy atom. The van der Waals surface area contributed by atoms with Gasteiger partial charge in [-0.25, -0.2) is 0 Å². The fraction of sp³-hybridized carbons (Fsp3) is 0. The van der Waals surface area contributed by atoms with E-state index in [0.29, 0.717) is 5.02 Å². The lowest BCUT2D eigenvalue weighted by atomic mass is 10.0. The SMILES string of the molecule is Cl.Nc1ccc(Cl)cc1-c1ccccc1. The molecule has 0 unspecified atom stereocenters. The van der Waals surface area contributed by atoms with Crippen LogP contribution in [0.2, 0.25) is 5.02 Å². The summed E-state index contributed by atoms with van der Waals surface area (Å²) in [7, 11) is 0. The summed E-state index contributed by atoms with van der Waals surface area (Å²) in [6.07, 6.45) is 0. The summed E-state index contributed by atoms with van der Waals surface area (Å²) in [6, 6.07) is 15.5.